The molecule has 3 aromatic heterocycles. The summed E-state index contributed by atoms with van der Waals surface area (Å²) in [5.74, 6) is 0.354. The Bertz CT molecular complexity index is 1200. The summed E-state index contributed by atoms with van der Waals surface area (Å²) in [6.45, 7) is 2.26. The molecule has 4 heterocycles. The van der Waals surface area contributed by atoms with Crippen LogP contribution in [-0.4, -0.2) is 21.1 Å². The van der Waals surface area contributed by atoms with Gasteiger partial charge in [0.25, 0.3) is 0 Å². The summed E-state index contributed by atoms with van der Waals surface area (Å²) in [5.41, 5.74) is 6.64. The number of ether oxygens (including phenoxy) is 1. The fourth-order valence-corrected chi connectivity index (χ4v) is 4.14. The average Bonchev–Trinajstić information content (AvgIpc) is 2.92. The maximum atomic E-state index is 13.0. The van der Waals surface area contributed by atoms with Crippen LogP contribution in [0.25, 0.3) is 22.2 Å². The second-order valence-corrected chi connectivity index (χ2v) is 7.63. The van der Waals surface area contributed by atoms with Gasteiger partial charge in [0.05, 0.1) is 17.6 Å². The first-order valence-corrected chi connectivity index (χ1v) is 10.2. The van der Waals surface area contributed by atoms with E-state index in [4.69, 9.17) is 4.74 Å². The third kappa shape index (κ3) is 3.55. The van der Waals surface area contributed by atoms with Crippen LogP contribution in [-0.2, 0) is 26.6 Å². The monoisotopic (exact) mass is 402 g/mol. The normalized spacial score (nSPS) is 13.8. The highest BCUT2D eigenvalue weighted by molar-refractivity contribution is 5.89. The summed E-state index contributed by atoms with van der Waals surface area (Å²) in [6.07, 6.45) is 5.22. The molecule has 0 aliphatic carbocycles. The molecular weight excluding hydrogens is 379 g/mol. The highest BCUT2D eigenvalue weighted by atomic mass is 19.1. The van der Waals surface area contributed by atoms with Crippen molar-refractivity contribution in [3.05, 3.63) is 77.6 Å². The summed E-state index contributed by atoms with van der Waals surface area (Å²) in [6, 6.07) is 13.3. The molecule has 1 aliphatic rings. The molecule has 0 spiro atoms. The number of rotatable bonds is 4. The molecule has 1 aliphatic heterocycles. The highest BCUT2D eigenvalue weighted by Gasteiger charge is 2.17. The van der Waals surface area contributed by atoms with Gasteiger partial charge in [0.15, 0.2) is 0 Å². The number of nitrogens with zero attached hydrogens (tertiary/aromatic N) is 3. The Morgan fingerprint density at radius 2 is 2.07 bits per heavy atom. The third-order valence-electron chi connectivity index (χ3n) is 5.71. The lowest BCUT2D eigenvalue weighted by atomic mass is 10.0. The quantitative estimate of drug-likeness (QED) is 0.550. The van der Waals surface area contributed by atoms with Crippen molar-refractivity contribution in [2.24, 2.45) is 7.05 Å². The van der Waals surface area contributed by atoms with Crippen molar-refractivity contribution < 1.29 is 9.13 Å². The molecule has 1 N–H and O–H groups in total. The summed E-state index contributed by atoms with van der Waals surface area (Å²) < 4.78 is 21.2. The molecule has 0 fully saturated rings. The average molecular weight is 402 g/mol. The number of nitrogens with one attached hydrogen (secondary N) is 1. The van der Waals surface area contributed by atoms with Crippen molar-refractivity contribution >= 4 is 10.9 Å². The van der Waals surface area contributed by atoms with Crippen LogP contribution in [0.2, 0.25) is 0 Å². The van der Waals surface area contributed by atoms with E-state index in [0.29, 0.717) is 11.4 Å². The lowest BCUT2D eigenvalue weighted by Crippen LogP contribution is -2.14. The third-order valence-corrected chi connectivity index (χ3v) is 5.71. The molecule has 1 aromatic carbocycles. The number of aryl methyl sites for hydroxylation is 2. The molecule has 5 nitrogen and oxygen atoms in total. The number of pyridine rings is 2. The van der Waals surface area contributed by atoms with Crippen molar-refractivity contribution in [2.45, 2.75) is 26.0 Å². The predicted molar refractivity (Wildman–Crippen MR) is 115 cm³/mol. The van der Waals surface area contributed by atoms with E-state index in [1.54, 1.807) is 12.3 Å². The van der Waals surface area contributed by atoms with E-state index in [-0.39, 0.29) is 12.4 Å². The van der Waals surface area contributed by atoms with Crippen LogP contribution in [0.5, 0.6) is 5.75 Å². The second kappa shape index (κ2) is 7.88. The van der Waals surface area contributed by atoms with Gasteiger partial charge in [0, 0.05) is 48.0 Å². The van der Waals surface area contributed by atoms with Crippen molar-refractivity contribution in [3.63, 3.8) is 0 Å². The smallest absolute Gasteiger partial charge is 0.141 e. The lowest BCUT2D eigenvalue weighted by molar-refractivity contribution is 0.301. The molecule has 5 rings (SSSR count). The molecule has 4 aromatic rings. The number of benzene rings is 1. The van der Waals surface area contributed by atoms with Gasteiger partial charge in [-0.3, -0.25) is 9.97 Å². The first-order chi connectivity index (χ1) is 14.7. The van der Waals surface area contributed by atoms with E-state index in [1.807, 2.05) is 12.1 Å². The first-order valence-electron chi connectivity index (χ1n) is 10.2. The Hall–Kier alpha value is -3.25. The van der Waals surface area contributed by atoms with Crippen LogP contribution >= 0.6 is 0 Å². The number of hydrogen-bond acceptors (Lipinski definition) is 4. The standard InChI is InChI=1S/C24H23FN4O/c1-29-23-11-16(4-7-21(23)20-3-2-9-26-14-24(20)29)22-12-19(8-10-27-22)30-15-18-6-5-17(25)13-28-18/h4-8,10-13,26H,2-3,9,14-15H2,1H3. The first kappa shape index (κ1) is 18.8. The molecule has 152 valence electrons. The zero-order chi connectivity index (χ0) is 20.5. The molecule has 0 atom stereocenters. The topological polar surface area (TPSA) is 52.0 Å². The van der Waals surface area contributed by atoms with E-state index in [2.05, 4.69) is 45.1 Å². The van der Waals surface area contributed by atoms with E-state index in [1.165, 1.54) is 34.4 Å². The van der Waals surface area contributed by atoms with E-state index in [0.717, 1.165) is 37.2 Å². The van der Waals surface area contributed by atoms with Gasteiger partial charge in [-0.05, 0) is 49.2 Å². The van der Waals surface area contributed by atoms with Gasteiger partial charge in [-0.1, -0.05) is 12.1 Å². The van der Waals surface area contributed by atoms with Crippen molar-refractivity contribution in [2.75, 3.05) is 6.54 Å². The van der Waals surface area contributed by atoms with Crippen molar-refractivity contribution in [1.82, 2.24) is 19.9 Å². The Morgan fingerprint density at radius 1 is 1.13 bits per heavy atom. The summed E-state index contributed by atoms with van der Waals surface area (Å²) in [5, 5.41) is 4.84. The summed E-state index contributed by atoms with van der Waals surface area (Å²) in [4.78, 5) is 8.58. The maximum absolute atomic E-state index is 13.0. The van der Waals surface area contributed by atoms with E-state index in [9.17, 15) is 4.39 Å². The van der Waals surface area contributed by atoms with Gasteiger partial charge < -0.3 is 14.6 Å². The Labute approximate surface area is 174 Å². The molecular formula is C24H23FN4O. The van der Waals surface area contributed by atoms with Gasteiger partial charge >= 0.3 is 0 Å². The summed E-state index contributed by atoms with van der Waals surface area (Å²) in [7, 11) is 2.14. The maximum Gasteiger partial charge on any atom is 0.141 e. The van der Waals surface area contributed by atoms with Crippen LogP contribution in [0.3, 0.4) is 0 Å². The fraction of sp³-hybridized carbons (Fsp3) is 0.250. The molecule has 0 bridgehead atoms. The molecule has 0 amide bonds. The minimum absolute atomic E-state index is 0.278. The van der Waals surface area contributed by atoms with Gasteiger partial charge in [-0.15, -0.1) is 0 Å². The van der Waals surface area contributed by atoms with Crippen molar-refractivity contribution in [3.8, 4) is 17.0 Å². The van der Waals surface area contributed by atoms with Crippen molar-refractivity contribution in [1.29, 1.82) is 0 Å². The minimum atomic E-state index is -0.353. The Kier molecular flexibility index (Phi) is 4.93. The van der Waals surface area contributed by atoms with Crippen LogP contribution < -0.4 is 10.1 Å². The molecule has 0 saturated carbocycles. The van der Waals surface area contributed by atoms with Gasteiger partial charge in [-0.2, -0.15) is 0 Å². The zero-order valence-corrected chi connectivity index (χ0v) is 16.9. The van der Waals surface area contributed by atoms with Crippen LogP contribution in [0.1, 0.15) is 23.4 Å². The predicted octanol–water partition coefficient (Wildman–Crippen LogP) is 4.39. The SMILES string of the molecule is Cn1c2c(c3ccc(-c4cc(OCc5ccc(F)cn5)ccn4)cc31)CCCNC2. The Balaban J connectivity index is 1.43. The molecule has 30 heavy (non-hydrogen) atoms. The van der Waals surface area contributed by atoms with Gasteiger partial charge in [0.2, 0.25) is 0 Å². The number of halogens is 1. The minimum Gasteiger partial charge on any atom is -0.487 e. The molecule has 0 unspecified atom stereocenters. The van der Waals surface area contributed by atoms with Crippen LogP contribution in [0.4, 0.5) is 4.39 Å². The summed E-state index contributed by atoms with van der Waals surface area (Å²) >= 11 is 0. The van der Waals surface area contributed by atoms with Gasteiger partial charge in [0.1, 0.15) is 18.2 Å². The molecule has 6 heteroatoms. The lowest BCUT2D eigenvalue weighted by Gasteiger charge is -2.08. The fourth-order valence-electron chi connectivity index (χ4n) is 4.14. The number of aromatic nitrogens is 3. The zero-order valence-electron chi connectivity index (χ0n) is 16.9. The van der Waals surface area contributed by atoms with E-state index < -0.39 is 0 Å². The Morgan fingerprint density at radius 3 is 2.93 bits per heavy atom. The molecule has 0 saturated heterocycles. The van der Waals surface area contributed by atoms with Crippen LogP contribution in [0.15, 0.2) is 54.9 Å². The number of hydrogen-bond donors (Lipinski definition) is 1. The highest BCUT2D eigenvalue weighted by Crippen LogP contribution is 2.32. The van der Waals surface area contributed by atoms with E-state index >= 15 is 0 Å². The molecule has 0 radical (unpaired) electrons. The van der Waals surface area contributed by atoms with Crippen LogP contribution in [0, 0.1) is 5.82 Å². The van der Waals surface area contributed by atoms with Gasteiger partial charge in [-0.25, -0.2) is 4.39 Å². The second-order valence-electron chi connectivity index (χ2n) is 7.63. The largest absolute Gasteiger partial charge is 0.487 e. The number of fused-ring (bicyclic) bond motifs is 3.